The van der Waals surface area contributed by atoms with E-state index in [2.05, 4.69) is 15.9 Å². The summed E-state index contributed by atoms with van der Waals surface area (Å²) >= 11 is 3.33. The number of rotatable bonds is 2. The molecule has 0 atom stereocenters. The van der Waals surface area contributed by atoms with Crippen molar-refractivity contribution in [1.82, 2.24) is 0 Å². The smallest absolute Gasteiger partial charge is 0.266 e. The third kappa shape index (κ3) is 2.18. The monoisotopic (exact) mass is 327 g/mol. The van der Waals surface area contributed by atoms with Crippen LogP contribution in [0.2, 0.25) is 0 Å². The molecule has 4 heteroatoms. The molecule has 0 radical (unpaired) electrons. The van der Waals surface area contributed by atoms with Crippen LogP contribution >= 0.6 is 15.9 Å². The molecule has 2 aromatic rings. The molecular weight excluding hydrogens is 318 g/mol. The molecule has 0 spiro atoms. The number of benzene rings is 2. The molecule has 3 rings (SSSR count). The quantitative estimate of drug-likeness (QED) is 0.793. The molecule has 0 saturated carbocycles. The van der Waals surface area contributed by atoms with Crippen molar-refractivity contribution in [2.75, 3.05) is 4.90 Å². The average Bonchev–Trinajstić information content (AvgIpc) is 2.76. The van der Waals surface area contributed by atoms with Gasteiger partial charge in [0, 0.05) is 10.5 Å². The summed E-state index contributed by atoms with van der Waals surface area (Å²) in [7, 11) is 0. The largest absolute Gasteiger partial charge is 0.269 e. The standard InChI is InChI=1S/C16H10BrNO2/c17-12-6-8-13(9-7-12)18-15(19)10-14(16(18)20)11-4-2-1-3-5-11/h1-10H. The van der Waals surface area contributed by atoms with Crippen LogP contribution in [0.5, 0.6) is 0 Å². The number of nitrogens with zero attached hydrogens (tertiary/aromatic N) is 1. The van der Waals surface area contributed by atoms with E-state index in [1.165, 1.54) is 11.0 Å². The number of halogens is 1. The number of hydrogen-bond donors (Lipinski definition) is 0. The van der Waals surface area contributed by atoms with Crippen LogP contribution in [0.25, 0.3) is 5.57 Å². The van der Waals surface area contributed by atoms with E-state index in [4.69, 9.17) is 0 Å². The van der Waals surface area contributed by atoms with E-state index in [0.717, 1.165) is 10.0 Å². The van der Waals surface area contributed by atoms with Gasteiger partial charge in [-0.1, -0.05) is 46.3 Å². The van der Waals surface area contributed by atoms with E-state index in [1.807, 2.05) is 30.3 Å². The molecule has 0 fully saturated rings. The molecule has 0 aromatic heterocycles. The predicted octanol–water partition coefficient (Wildman–Crippen LogP) is 3.41. The maximum atomic E-state index is 12.4. The van der Waals surface area contributed by atoms with Crippen molar-refractivity contribution in [3.63, 3.8) is 0 Å². The van der Waals surface area contributed by atoms with Crippen molar-refractivity contribution >= 4 is 39.0 Å². The molecule has 1 heterocycles. The van der Waals surface area contributed by atoms with Gasteiger partial charge in [0.25, 0.3) is 11.8 Å². The van der Waals surface area contributed by atoms with Crippen LogP contribution in [0.15, 0.2) is 65.1 Å². The van der Waals surface area contributed by atoms with Crippen LogP contribution in [0, 0.1) is 0 Å². The summed E-state index contributed by atoms with van der Waals surface area (Å²) in [5.74, 6) is -0.598. The van der Waals surface area contributed by atoms with Crippen LogP contribution < -0.4 is 4.90 Å². The zero-order valence-corrected chi connectivity index (χ0v) is 12.0. The van der Waals surface area contributed by atoms with E-state index < -0.39 is 0 Å². The van der Waals surface area contributed by atoms with E-state index in [1.54, 1.807) is 24.3 Å². The summed E-state index contributed by atoms with van der Waals surface area (Å²) in [4.78, 5) is 25.7. The van der Waals surface area contributed by atoms with E-state index in [9.17, 15) is 9.59 Å². The lowest BCUT2D eigenvalue weighted by atomic mass is 10.1. The van der Waals surface area contributed by atoms with Gasteiger partial charge >= 0.3 is 0 Å². The molecule has 0 saturated heterocycles. The van der Waals surface area contributed by atoms with Crippen LogP contribution in [0.1, 0.15) is 5.56 Å². The number of amides is 2. The molecule has 0 unspecified atom stereocenters. The van der Waals surface area contributed by atoms with Gasteiger partial charge in [-0.05, 0) is 29.8 Å². The Morgan fingerprint density at radius 3 is 2.15 bits per heavy atom. The van der Waals surface area contributed by atoms with E-state index in [-0.39, 0.29) is 11.8 Å². The lowest BCUT2D eigenvalue weighted by molar-refractivity contribution is -0.119. The minimum atomic E-state index is -0.309. The van der Waals surface area contributed by atoms with Crippen molar-refractivity contribution in [2.45, 2.75) is 0 Å². The first kappa shape index (κ1) is 12.8. The van der Waals surface area contributed by atoms with Crippen molar-refractivity contribution in [3.8, 4) is 0 Å². The van der Waals surface area contributed by atoms with Crippen molar-refractivity contribution < 1.29 is 9.59 Å². The maximum Gasteiger partial charge on any atom is 0.266 e. The van der Waals surface area contributed by atoms with Crippen LogP contribution in [0.3, 0.4) is 0 Å². The molecular formula is C16H10BrNO2. The van der Waals surface area contributed by atoms with Crippen molar-refractivity contribution in [2.24, 2.45) is 0 Å². The summed E-state index contributed by atoms with van der Waals surface area (Å²) in [5.41, 5.74) is 1.76. The molecule has 3 nitrogen and oxygen atoms in total. The van der Waals surface area contributed by atoms with Gasteiger partial charge in [-0.15, -0.1) is 0 Å². The molecule has 2 amide bonds. The molecule has 0 N–H and O–H groups in total. The second kappa shape index (κ2) is 5.06. The van der Waals surface area contributed by atoms with Gasteiger partial charge in [-0.3, -0.25) is 9.59 Å². The Balaban J connectivity index is 1.97. The van der Waals surface area contributed by atoms with Crippen molar-refractivity contribution in [1.29, 1.82) is 0 Å². The minimum absolute atomic E-state index is 0.288. The lowest BCUT2D eigenvalue weighted by Crippen LogP contribution is -2.30. The molecule has 20 heavy (non-hydrogen) atoms. The first-order chi connectivity index (χ1) is 9.66. The fourth-order valence-electron chi connectivity index (χ4n) is 2.13. The Bertz CT molecular complexity index is 705. The average molecular weight is 328 g/mol. The normalized spacial score (nSPS) is 14.7. The molecule has 0 bridgehead atoms. The van der Waals surface area contributed by atoms with Crippen LogP contribution in [-0.4, -0.2) is 11.8 Å². The Kier molecular flexibility index (Phi) is 3.24. The third-order valence-corrected chi connectivity index (χ3v) is 3.62. The zero-order chi connectivity index (χ0) is 14.1. The highest BCUT2D eigenvalue weighted by atomic mass is 79.9. The summed E-state index contributed by atoms with van der Waals surface area (Å²) < 4.78 is 0.900. The predicted molar refractivity (Wildman–Crippen MR) is 81.1 cm³/mol. The number of anilines is 1. The van der Waals surface area contributed by atoms with Gasteiger partial charge in [0.1, 0.15) is 0 Å². The minimum Gasteiger partial charge on any atom is -0.269 e. The highest BCUT2D eigenvalue weighted by Gasteiger charge is 2.32. The fraction of sp³-hybridized carbons (Fsp3) is 0. The van der Waals surface area contributed by atoms with E-state index >= 15 is 0 Å². The summed E-state index contributed by atoms with van der Waals surface area (Å²) in [6.45, 7) is 0. The SMILES string of the molecule is O=C1C=C(c2ccccc2)C(=O)N1c1ccc(Br)cc1. The summed E-state index contributed by atoms with van der Waals surface area (Å²) in [5, 5.41) is 0. The number of carbonyl (C=O) groups is 2. The molecule has 0 aliphatic carbocycles. The Hall–Kier alpha value is -2.20. The summed E-state index contributed by atoms with van der Waals surface area (Å²) in [6.07, 6.45) is 1.39. The van der Waals surface area contributed by atoms with Crippen LogP contribution in [-0.2, 0) is 9.59 Å². The van der Waals surface area contributed by atoms with Gasteiger partial charge in [0.05, 0.1) is 11.3 Å². The van der Waals surface area contributed by atoms with Gasteiger partial charge < -0.3 is 0 Å². The van der Waals surface area contributed by atoms with Gasteiger partial charge in [-0.2, -0.15) is 0 Å². The number of carbonyl (C=O) groups excluding carboxylic acids is 2. The number of imide groups is 1. The van der Waals surface area contributed by atoms with Gasteiger partial charge in [0.2, 0.25) is 0 Å². The third-order valence-electron chi connectivity index (χ3n) is 3.09. The fourth-order valence-corrected chi connectivity index (χ4v) is 2.39. The molecule has 1 aliphatic rings. The highest BCUT2D eigenvalue weighted by Crippen LogP contribution is 2.28. The second-order valence-corrected chi connectivity index (χ2v) is 5.29. The second-order valence-electron chi connectivity index (χ2n) is 4.38. The first-order valence-electron chi connectivity index (χ1n) is 6.08. The highest BCUT2D eigenvalue weighted by molar-refractivity contribution is 9.10. The first-order valence-corrected chi connectivity index (χ1v) is 6.87. The van der Waals surface area contributed by atoms with Crippen molar-refractivity contribution in [3.05, 3.63) is 70.7 Å². The maximum absolute atomic E-state index is 12.4. The Labute approximate surface area is 124 Å². The van der Waals surface area contributed by atoms with Crippen LogP contribution in [0.4, 0.5) is 5.69 Å². The van der Waals surface area contributed by atoms with E-state index in [0.29, 0.717) is 11.3 Å². The van der Waals surface area contributed by atoms with Gasteiger partial charge in [-0.25, -0.2) is 4.90 Å². The zero-order valence-electron chi connectivity index (χ0n) is 10.4. The Morgan fingerprint density at radius 1 is 0.850 bits per heavy atom. The van der Waals surface area contributed by atoms with Gasteiger partial charge in [0.15, 0.2) is 0 Å². The summed E-state index contributed by atoms with van der Waals surface area (Å²) in [6, 6.07) is 16.3. The lowest BCUT2D eigenvalue weighted by Gasteiger charge is -2.14. The topological polar surface area (TPSA) is 37.4 Å². The Morgan fingerprint density at radius 2 is 1.50 bits per heavy atom. The molecule has 1 aliphatic heterocycles. The molecule has 98 valence electrons. The number of hydrogen-bond acceptors (Lipinski definition) is 2. The molecule has 2 aromatic carbocycles.